The van der Waals surface area contributed by atoms with Crippen LogP contribution in [0.2, 0.25) is 0 Å². The molecule has 0 amide bonds. The molecule has 1 fully saturated rings. The Morgan fingerprint density at radius 3 is 2.62 bits per heavy atom. The number of hydrogen-bond donors (Lipinski definition) is 1. The van der Waals surface area contributed by atoms with E-state index in [0.29, 0.717) is 5.92 Å². The Morgan fingerprint density at radius 1 is 1.38 bits per heavy atom. The fourth-order valence-electron chi connectivity index (χ4n) is 2.06. The molecule has 1 saturated carbocycles. The number of nitrogens with two attached hydrogens (primary N) is 1. The van der Waals surface area contributed by atoms with Crippen molar-refractivity contribution in [2.75, 3.05) is 0 Å². The largest absolute Gasteiger partial charge is 0.453 e. The number of rotatable bonds is 2. The second kappa shape index (κ2) is 3.84. The van der Waals surface area contributed by atoms with Crippen LogP contribution in [0.25, 0.3) is 0 Å². The molecular weight excluding hydrogens is 230 g/mol. The lowest BCUT2D eigenvalue weighted by Gasteiger charge is -2.15. The Kier molecular flexibility index (Phi) is 2.74. The Hall–Kier alpha value is -0.280. The van der Waals surface area contributed by atoms with Gasteiger partial charge in [0.05, 0.1) is 6.04 Å². The maximum atomic E-state index is 6.10. The number of furan rings is 1. The van der Waals surface area contributed by atoms with Gasteiger partial charge in [-0.1, -0.05) is 12.8 Å². The molecule has 2 rings (SSSR count). The predicted molar refractivity (Wildman–Crippen MR) is 55.3 cm³/mol. The van der Waals surface area contributed by atoms with E-state index in [4.69, 9.17) is 10.2 Å². The van der Waals surface area contributed by atoms with Crippen molar-refractivity contribution in [3.05, 3.63) is 22.6 Å². The van der Waals surface area contributed by atoms with Crippen molar-refractivity contribution in [3.8, 4) is 0 Å². The van der Waals surface area contributed by atoms with Gasteiger partial charge in [0.25, 0.3) is 0 Å². The molecule has 0 saturated heterocycles. The average molecular weight is 244 g/mol. The molecule has 0 bridgehead atoms. The standard InChI is InChI=1S/C10H14BrNO/c11-9-6-5-8(13-9)10(12)7-3-1-2-4-7/h5-7,10H,1-4,12H2/t10-/m1/s1. The topological polar surface area (TPSA) is 39.2 Å². The first-order chi connectivity index (χ1) is 6.27. The van der Waals surface area contributed by atoms with Crippen LogP contribution >= 0.6 is 15.9 Å². The minimum Gasteiger partial charge on any atom is -0.453 e. The molecule has 72 valence electrons. The average Bonchev–Trinajstić information content (AvgIpc) is 2.72. The van der Waals surface area contributed by atoms with Crippen molar-refractivity contribution in [3.63, 3.8) is 0 Å². The van der Waals surface area contributed by atoms with Crippen molar-refractivity contribution in [1.82, 2.24) is 0 Å². The van der Waals surface area contributed by atoms with Gasteiger partial charge in [-0.15, -0.1) is 0 Å². The Bertz CT molecular complexity index is 278. The zero-order valence-corrected chi connectivity index (χ0v) is 9.09. The first-order valence-electron chi connectivity index (χ1n) is 4.78. The van der Waals surface area contributed by atoms with Crippen molar-refractivity contribution in [2.45, 2.75) is 31.7 Å². The van der Waals surface area contributed by atoms with E-state index in [0.717, 1.165) is 10.4 Å². The normalized spacial score (nSPS) is 20.8. The molecule has 0 unspecified atom stereocenters. The van der Waals surface area contributed by atoms with E-state index in [-0.39, 0.29) is 6.04 Å². The predicted octanol–water partition coefficient (Wildman–Crippen LogP) is 3.23. The van der Waals surface area contributed by atoms with Gasteiger partial charge in [0, 0.05) is 0 Å². The summed E-state index contributed by atoms with van der Waals surface area (Å²) in [7, 11) is 0. The molecule has 1 aromatic heterocycles. The highest BCUT2D eigenvalue weighted by Gasteiger charge is 2.25. The summed E-state index contributed by atoms with van der Waals surface area (Å²) in [6.45, 7) is 0. The monoisotopic (exact) mass is 243 g/mol. The molecule has 0 aromatic carbocycles. The van der Waals surface area contributed by atoms with Crippen LogP contribution in [-0.2, 0) is 0 Å². The zero-order valence-electron chi connectivity index (χ0n) is 7.50. The maximum Gasteiger partial charge on any atom is 0.169 e. The van der Waals surface area contributed by atoms with Crippen LogP contribution in [0.5, 0.6) is 0 Å². The maximum absolute atomic E-state index is 6.10. The van der Waals surface area contributed by atoms with Crippen LogP contribution in [0.1, 0.15) is 37.5 Å². The molecule has 0 spiro atoms. The van der Waals surface area contributed by atoms with Gasteiger partial charge in [0.2, 0.25) is 0 Å². The van der Waals surface area contributed by atoms with Gasteiger partial charge >= 0.3 is 0 Å². The third-order valence-electron chi connectivity index (χ3n) is 2.83. The third-order valence-corrected chi connectivity index (χ3v) is 3.26. The molecule has 2 N–H and O–H groups in total. The minimum atomic E-state index is 0.0915. The van der Waals surface area contributed by atoms with E-state index in [1.54, 1.807) is 0 Å². The molecule has 1 aliphatic rings. The van der Waals surface area contributed by atoms with Crippen LogP contribution in [-0.4, -0.2) is 0 Å². The van der Waals surface area contributed by atoms with Crippen LogP contribution in [0.4, 0.5) is 0 Å². The van der Waals surface area contributed by atoms with Gasteiger partial charge in [0.1, 0.15) is 5.76 Å². The lowest BCUT2D eigenvalue weighted by atomic mass is 9.97. The van der Waals surface area contributed by atoms with Crippen LogP contribution in [0, 0.1) is 5.92 Å². The van der Waals surface area contributed by atoms with Crippen molar-refractivity contribution in [1.29, 1.82) is 0 Å². The fraction of sp³-hybridized carbons (Fsp3) is 0.600. The molecule has 1 aromatic rings. The number of halogens is 1. The highest BCUT2D eigenvalue weighted by Crippen LogP contribution is 2.35. The Morgan fingerprint density at radius 2 is 2.08 bits per heavy atom. The summed E-state index contributed by atoms with van der Waals surface area (Å²) < 4.78 is 6.22. The minimum absolute atomic E-state index is 0.0915. The lowest BCUT2D eigenvalue weighted by molar-refractivity contribution is 0.362. The molecule has 0 aliphatic heterocycles. The molecular formula is C10H14BrNO. The van der Waals surface area contributed by atoms with Gasteiger partial charge in [-0.05, 0) is 46.8 Å². The van der Waals surface area contributed by atoms with Gasteiger partial charge < -0.3 is 10.2 Å². The van der Waals surface area contributed by atoms with E-state index >= 15 is 0 Å². The summed E-state index contributed by atoms with van der Waals surface area (Å²) >= 11 is 3.29. The second-order valence-corrected chi connectivity index (χ2v) is 4.49. The summed E-state index contributed by atoms with van der Waals surface area (Å²) in [4.78, 5) is 0. The quantitative estimate of drug-likeness (QED) is 0.867. The van der Waals surface area contributed by atoms with Crippen molar-refractivity contribution < 1.29 is 4.42 Å². The van der Waals surface area contributed by atoms with Crippen LogP contribution < -0.4 is 5.73 Å². The van der Waals surface area contributed by atoms with Crippen LogP contribution in [0.15, 0.2) is 21.2 Å². The zero-order chi connectivity index (χ0) is 9.26. The van der Waals surface area contributed by atoms with Crippen molar-refractivity contribution >= 4 is 15.9 Å². The SMILES string of the molecule is N[C@@H](c1ccc(Br)o1)C1CCCC1. The summed E-state index contributed by atoms with van der Waals surface area (Å²) in [5.41, 5.74) is 6.10. The Labute approximate surface area is 86.6 Å². The molecule has 13 heavy (non-hydrogen) atoms. The fourth-order valence-corrected chi connectivity index (χ4v) is 2.38. The van der Waals surface area contributed by atoms with E-state index in [1.807, 2.05) is 12.1 Å². The smallest absolute Gasteiger partial charge is 0.169 e. The van der Waals surface area contributed by atoms with Gasteiger partial charge in [0.15, 0.2) is 4.67 Å². The summed E-state index contributed by atoms with van der Waals surface area (Å²) in [6, 6.07) is 3.96. The molecule has 2 nitrogen and oxygen atoms in total. The summed E-state index contributed by atoms with van der Waals surface area (Å²) in [5.74, 6) is 1.54. The van der Waals surface area contributed by atoms with Gasteiger partial charge in [-0.2, -0.15) is 0 Å². The number of hydrogen-bond acceptors (Lipinski definition) is 2. The highest BCUT2D eigenvalue weighted by atomic mass is 79.9. The molecule has 3 heteroatoms. The summed E-state index contributed by atoms with van der Waals surface area (Å²) in [5, 5.41) is 0. The Balaban J connectivity index is 2.07. The van der Waals surface area contributed by atoms with E-state index < -0.39 is 0 Å². The molecule has 1 aliphatic carbocycles. The molecule has 1 atom stereocenters. The molecule has 1 heterocycles. The van der Waals surface area contributed by atoms with Crippen molar-refractivity contribution in [2.24, 2.45) is 11.7 Å². The van der Waals surface area contributed by atoms with Gasteiger partial charge in [-0.25, -0.2) is 0 Å². The molecule has 0 radical (unpaired) electrons. The van der Waals surface area contributed by atoms with Gasteiger partial charge in [-0.3, -0.25) is 0 Å². The third kappa shape index (κ3) is 1.97. The van der Waals surface area contributed by atoms with E-state index in [9.17, 15) is 0 Å². The first kappa shape index (κ1) is 9.28. The second-order valence-electron chi connectivity index (χ2n) is 3.71. The van der Waals surface area contributed by atoms with Crippen LogP contribution in [0.3, 0.4) is 0 Å². The highest BCUT2D eigenvalue weighted by molar-refractivity contribution is 9.10. The van der Waals surface area contributed by atoms with E-state index in [1.165, 1.54) is 25.7 Å². The first-order valence-corrected chi connectivity index (χ1v) is 5.57. The summed E-state index contributed by atoms with van der Waals surface area (Å²) in [6.07, 6.45) is 5.14. The van der Waals surface area contributed by atoms with E-state index in [2.05, 4.69) is 15.9 Å². The lowest BCUT2D eigenvalue weighted by Crippen LogP contribution is -2.18.